The predicted molar refractivity (Wildman–Crippen MR) is 110 cm³/mol. The van der Waals surface area contributed by atoms with E-state index in [1.165, 1.54) is 12.7 Å². The highest BCUT2D eigenvalue weighted by molar-refractivity contribution is 6.05. The van der Waals surface area contributed by atoms with Crippen LogP contribution in [0.15, 0.2) is 30.9 Å². The van der Waals surface area contributed by atoms with Crippen LogP contribution < -0.4 is 10.2 Å². The van der Waals surface area contributed by atoms with Gasteiger partial charge in [0.1, 0.15) is 18.7 Å². The van der Waals surface area contributed by atoms with Gasteiger partial charge in [0, 0.05) is 51.3 Å². The molecule has 2 fully saturated rings. The molecule has 5 rings (SSSR count). The normalized spacial score (nSPS) is 21.9. The molecule has 2 aromatic rings. The Morgan fingerprint density at radius 3 is 2.55 bits per heavy atom. The third-order valence-corrected chi connectivity index (χ3v) is 6.13. The van der Waals surface area contributed by atoms with E-state index < -0.39 is 6.04 Å². The lowest BCUT2D eigenvalue weighted by Crippen LogP contribution is -2.52. The van der Waals surface area contributed by atoms with Gasteiger partial charge in [0.15, 0.2) is 0 Å². The van der Waals surface area contributed by atoms with Gasteiger partial charge in [-0.1, -0.05) is 12.1 Å². The van der Waals surface area contributed by atoms with Crippen LogP contribution in [0.3, 0.4) is 0 Å². The highest BCUT2D eigenvalue weighted by atomic mass is 16.2. The van der Waals surface area contributed by atoms with Crippen molar-refractivity contribution in [2.45, 2.75) is 32.0 Å². The number of benzene rings is 1. The molecule has 0 spiro atoms. The van der Waals surface area contributed by atoms with Gasteiger partial charge in [-0.25, -0.2) is 15.0 Å². The maximum atomic E-state index is 12.8. The zero-order chi connectivity index (χ0) is 21.4. The van der Waals surface area contributed by atoms with Crippen LogP contribution in [0.5, 0.6) is 0 Å². The van der Waals surface area contributed by atoms with Crippen molar-refractivity contribution in [2.75, 3.05) is 31.1 Å². The smallest absolute Gasteiger partial charge is 0.255 e. The van der Waals surface area contributed by atoms with Gasteiger partial charge in [0.05, 0.1) is 0 Å². The maximum Gasteiger partial charge on any atom is 0.255 e. The molecule has 4 heterocycles. The Hall–Kier alpha value is -3.40. The monoisotopic (exact) mass is 421 g/mol. The van der Waals surface area contributed by atoms with Crippen LogP contribution in [0.2, 0.25) is 0 Å². The second kappa shape index (κ2) is 8.03. The number of carbonyl (C=O) groups is 3. The number of hydrogen-bond donors (Lipinski definition) is 1. The second-order valence-corrected chi connectivity index (χ2v) is 8.09. The fourth-order valence-corrected chi connectivity index (χ4v) is 4.49. The van der Waals surface area contributed by atoms with Crippen LogP contribution >= 0.6 is 0 Å². The Labute approximate surface area is 179 Å². The van der Waals surface area contributed by atoms with E-state index >= 15 is 0 Å². The molecule has 31 heavy (non-hydrogen) atoms. The van der Waals surface area contributed by atoms with Gasteiger partial charge >= 0.3 is 0 Å². The average molecular weight is 421 g/mol. The Balaban J connectivity index is 1.22. The Morgan fingerprint density at radius 1 is 1.03 bits per heavy atom. The molecule has 3 amide bonds. The van der Waals surface area contributed by atoms with Crippen molar-refractivity contribution in [3.05, 3.63) is 47.5 Å². The summed E-state index contributed by atoms with van der Waals surface area (Å²) in [4.78, 5) is 54.8. The summed E-state index contributed by atoms with van der Waals surface area (Å²) >= 11 is 0. The molecule has 1 unspecified atom stereocenters. The molecule has 0 saturated carbocycles. The van der Waals surface area contributed by atoms with Gasteiger partial charge in [0.25, 0.3) is 5.91 Å². The molecule has 1 atom stereocenters. The van der Waals surface area contributed by atoms with E-state index in [1.807, 2.05) is 12.1 Å². The van der Waals surface area contributed by atoms with Crippen molar-refractivity contribution in [3.8, 4) is 0 Å². The zero-order valence-electron chi connectivity index (χ0n) is 17.0. The quantitative estimate of drug-likeness (QED) is 0.685. The highest BCUT2D eigenvalue weighted by Crippen LogP contribution is 2.28. The second-order valence-electron chi connectivity index (χ2n) is 8.09. The molecule has 1 aromatic heterocycles. The first-order valence-corrected chi connectivity index (χ1v) is 10.4. The van der Waals surface area contributed by atoms with E-state index in [4.69, 9.17) is 0 Å². The third kappa shape index (κ3) is 3.86. The van der Waals surface area contributed by atoms with E-state index in [2.05, 4.69) is 36.1 Å². The number of piperazine rings is 1. The SMILES string of the molecule is O=C1CCC(N2Cc3cc(CN4CCN(c5ncncn5)CC4)ccc3C2=O)C(=O)N1. The number of anilines is 1. The van der Waals surface area contributed by atoms with Crippen LogP contribution in [-0.2, 0) is 22.7 Å². The van der Waals surface area contributed by atoms with Gasteiger partial charge in [-0.2, -0.15) is 0 Å². The summed E-state index contributed by atoms with van der Waals surface area (Å²) in [5.74, 6) is -0.0850. The number of imide groups is 1. The first-order valence-electron chi connectivity index (χ1n) is 10.4. The van der Waals surface area contributed by atoms with Crippen molar-refractivity contribution < 1.29 is 14.4 Å². The summed E-state index contributed by atoms with van der Waals surface area (Å²) < 4.78 is 0. The Bertz CT molecular complexity index is 1020. The summed E-state index contributed by atoms with van der Waals surface area (Å²) in [5, 5.41) is 2.34. The molecule has 1 aromatic carbocycles. The molecule has 0 aliphatic carbocycles. The fraction of sp³-hybridized carbons (Fsp3) is 0.429. The minimum Gasteiger partial charge on any atom is -0.338 e. The van der Waals surface area contributed by atoms with Gasteiger partial charge in [-0.15, -0.1) is 0 Å². The van der Waals surface area contributed by atoms with Gasteiger partial charge < -0.3 is 9.80 Å². The van der Waals surface area contributed by atoms with E-state index in [9.17, 15) is 14.4 Å². The fourth-order valence-electron chi connectivity index (χ4n) is 4.49. The highest BCUT2D eigenvalue weighted by Gasteiger charge is 2.39. The summed E-state index contributed by atoms with van der Waals surface area (Å²) in [7, 11) is 0. The first-order chi connectivity index (χ1) is 15.1. The number of piperidine rings is 1. The van der Waals surface area contributed by atoms with Crippen molar-refractivity contribution in [2.24, 2.45) is 0 Å². The van der Waals surface area contributed by atoms with Crippen LogP contribution in [-0.4, -0.2) is 74.7 Å². The largest absolute Gasteiger partial charge is 0.338 e. The number of hydrogen-bond acceptors (Lipinski definition) is 8. The number of aromatic nitrogens is 3. The van der Waals surface area contributed by atoms with Crippen molar-refractivity contribution in [1.29, 1.82) is 0 Å². The molecular weight excluding hydrogens is 398 g/mol. The number of rotatable bonds is 4. The summed E-state index contributed by atoms with van der Waals surface area (Å²) in [6.07, 6.45) is 3.66. The number of fused-ring (bicyclic) bond motifs is 1. The van der Waals surface area contributed by atoms with E-state index in [0.29, 0.717) is 24.5 Å². The standard InChI is InChI=1S/C21H23N7O3/c29-18-4-3-17(19(30)25-18)28-11-15-9-14(1-2-16(15)20(28)31)10-26-5-7-27(8-6-26)21-23-12-22-13-24-21/h1-2,9,12-13,17H,3-8,10-11H2,(H,25,29,30). The molecule has 3 aliphatic heterocycles. The van der Waals surface area contributed by atoms with Crippen LogP contribution in [0.4, 0.5) is 5.95 Å². The first kappa shape index (κ1) is 19.6. The molecule has 0 radical (unpaired) electrons. The van der Waals surface area contributed by atoms with E-state index in [-0.39, 0.29) is 24.1 Å². The van der Waals surface area contributed by atoms with Crippen LogP contribution in [0.25, 0.3) is 0 Å². The summed E-state index contributed by atoms with van der Waals surface area (Å²) in [6.45, 7) is 4.67. The molecule has 10 heteroatoms. The summed E-state index contributed by atoms with van der Waals surface area (Å²) in [6, 6.07) is 5.34. The van der Waals surface area contributed by atoms with E-state index in [1.54, 1.807) is 4.90 Å². The molecular formula is C21H23N7O3. The molecule has 3 aliphatic rings. The topological polar surface area (TPSA) is 112 Å². The average Bonchev–Trinajstić information content (AvgIpc) is 3.10. The third-order valence-electron chi connectivity index (χ3n) is 6.13. The lowest BCUT2D eigenvalue weighted by atomic mass is 10.0. The van der Waals surface area contributed by atoms with Gasteiger partial charge in [-0.3, -0.25) is 24.6 Å². The van der Waals surface area contributed by atoms with Crippen molar-refractivity contribution in [1.82, 2.24) is 30.1 Å². The van der Waals surface area contributed by atoms with E-state index in [0.717, 1.165) is 43.9 Å². The summed E-state index contributed by atoms with van der Waals surface area (Å²) in [5.41, 5.74) is 2.73. The van der Waals surface area contributed by atoms with Crippen molar-refractivity contribution >= 4 is 23.7 Å². The van der Waals surface area contributed by atoms with Gasteiger partial charge in [0.2, 0.25) is 17.8 Å². The van der Waals surface area contributed by atoms with Crippen molar-refractivity contribution in [3.63, 3.8) is 0 Å². The number of nitrogens with one attached hydrogen (secondary N) is 1. The lowest BCUT2D eigenvalue weighted by molar-refractivity contribution is -0.136. The number of amides is 3. The van der Waals surface area contributed by atoms with Crippen LogP contribution in [0.1, 0.15) is 34.3 Å². The zero-order valence-corrected chi connectivity index (χ0v) is 17.0. The lowest BCUT2D eigenvalue weighted by Gasteiger charge is -2.34. The molecule has 160 valence electrons. The predicted octanol–water partition coefficient (Wildman–Crippen LogP) is -0.0452. The van der Waals surface area contributed by atoms with Crippen LogP contribution in [0, 0.1) is 0 Å². The minimum atomic E-state index is -0.579. The Kier molecular flexibility index (Phi) is 5.06. The molecule has 0 bridgehead atoms. The number of nitrogens with zero attached hydrogens (tertiary/aromatic N) is 6. The minimum absolute atomic E-state index is 0.137. The molecule has 1 N–H and O–H groups in total. The molecule has 10 nitrogen and oxygen atoms in total. The van der Waals surface area contributed by atoms with Gasteiger partial charge in [-0.05, 0) is 23.6 Å². The molecule has 2 saturated heterocycles. The Morgan fingerprint density at radius 2 is 1.81 bits per heavy atom. The number of carbonyl (C=O) groups excluding carboxylic acids is 3. The maximum absolute atomic E-state index is 12.8.